The molecule has 1 aliphatic carbocycles. The van der Waals surface area contributed by atoms with Crippen LogP contribution in [0.25, 0.3) is 11.4 Å². The minimum absolute atomic E-state index is 0.258. The van der Waals surface area contributed by atoms with Crippen LogP contribution in [-0.4, -0.2) is 34.2 Å². The van der Waals surface area contributed by atoms with Gasteiger partial charge < -0.3 is 4.52 Å². The highest BCUT2D eigenvalue weighted by Crippen LogP contribution is 2.23. The number of aromatic nitrogens is 2. The van der Waals surface area contributed by atoms with E-state index in [2.05, 4.69) is 21.0 Å². The summed E-state index contributed by atoms with van der Waals surface area (Å²) < 4.78 is 19.0. The Hall–Kier alpha value is -2.19. The van der Waals surface area contributed by atoms with Gasteiger partial charge in [-0.05, 0) is 44.4 Å². The van der Waals surface area contributed by atoms with Gasteiger partial charge in [0.15, 0.2) is 0 Å². The van der Waals surface area contributed by atoms with E-state index in [4.69, 9.17) is 10.9 Å². The fraction of sp³-hybridized carbons (Fsp3) is 0.524. The number of aryl methyl sites for hydroxylation is 2. The molecule has 1 fully saturated rings. The van der Waals surface area contributed by atoms with Gasteiger partial charge in [0.2, 0.25) is 11.7 Å². The van der Waals surface area contributed by atoms with Crippen molar-refractivity contribution in [2.45, 2.75) is 57.9 Å². The second kappa shape index (κ2) is 8.95. The lowest BCUT2D eigenvalue weighted by Gasteiger charge is -2.32. The Labute approximate surface area is 154 Å². The molecule has 0 spiro atoms. The summed E-state index contributed by atoms with van der Waals surface area (Å²) in [4.78, 5) is 6.81. The maximum Gasteiger partial charge on any atom is 0.227 e. The second-order valence-corrected chi connectivity index (χ2v) is 7.05. The minimum Gasteiger partial charge on any atom is -0.339 e. The fourth-order valence-corrected chi connectivity index (χ4v) is 3.59. The zero-order valence-corrected chi connectivity index (χ0v) is 15.4. The summed E-state index contributed by atoms with van der Waals surface area (Å²) in [6, 6.07) is 5.59. The van der Waals surface area contributed by atoms with Gasteiger partial charge in [-0.2, -0.15) is 4.98 Å². The topological polar surface area (TPSA) is 42.2 Å². The maximum absolute atomic E-state index is 13.7. The summed E-state index contributed by atoms with van der Waals surface area (Å²) in [5.74, 6) is 3.56. The highest BCUT2D eigenvalue weighted by atomic mass is 19.1. The molecule has 0 amide bonds. The van der Waals surface area contributed by atoms with Gasteiger partial charge in [0.25, 0.3) is 0 Å². The largest absolute Gasteiger partial charge is 0.339 e. The summed E-state index contributed by atoms with van der Waals surface area (Å²) >= 11 is 0. The number of nitrogens with zero attached hydrogens (tertiary/aromatic N) is 3. The molecule has 0 unspecified atom stereocenters. The van der Waals surface area contributed by atoms with Crippen LogP contribution in [0.3, 0.4) is 0 Å². The molecule has 138 valence electrons. The van der Waals surface area contributed by atoms with E-state index >= 15 is 0 Å². The molecule has 0 aliphatic heterocycles. The first-order valence-corrected chi connectivity index (χ1v) is 9.44. The maximum atomic E-state index is 13.7. The normalized spacial score (nSPS) is 15.3. The van der Waals surface area contributed by atoms with Gasteiger partial charge in [0.05, 0.1) is 6.54 Å². The Balaban J connectivity index is 1.55. The lowest BCUT2D eigenvalue weighted by atomic mass is 9.94. The first-order chi connectivity index (χ1) is 12.7. The van der Waals surface area contributed by atoms with Gasteiger partial charge in [0.1, 0.15) is 5.82 Å². The molecule has 26 heavy (non-hydrogen) atoms. The van der Waals surface area contributed by atoms with Crippen LogP contribution in [0.15, 0.2) is 22.7 Å². The summed E-state index contributed by atoms with van der Waals surface area (Å²) in [7, 11) is 0. The van der Waals surface area contributed by atoms with Gasteiger partial charge in [-0.25, -0.2) is 4.39 Å². The van der Waals surface area contributed by atoms with Crippen molar-refractivity contribution in [3.05, 3.63) is 35.5 Å². The Kier molecular flexibility index (Phi) is 6.40. The van der Waals surface area contributed by atoms with E-state index < -0.39 is 0 Å². The lowest BCUT2D eigenvalue weighted by molar-refractivity contribution is 0.172. The van der Waals surface area contributed by atoms with Gasteiger partial charge in [0, 0.05) is 18.0 Å². The number of rotatable bonds is 7. The molecule has 3 rings (SSSR count). The average Bonchev–Trinajstić information content (AvgIpc) is 3.13. The minimum atomic E-state index is -0.258. The Morgan fingerprint density at radius 2 is 2.12 bits per heavy atom. The molecule has 0 bridgehead atoms. The monoisotopic (exact) mass is 355 g/mol. The van der Waals surface area contributed by atoms with E-state index in [1.807, 2.05) is 6.07 Å². The van der Waals surface area contributed by atoms with E-state index in [1.54, 1.807) is 13.0 Å². The van der Waals surface area contributed by atoms with Crippen LogP contribution in [0.5, 0.6) is 0 Å². The number of halogens is 1. The molecule has 0 radical (unpaired) electrons. The van der Waals surface area contributed by atoms with Crippen molar-refractivity contribution in [3.63, 3.8) is 0 Å². The smallest absolute Gasteiger partial charge is 0.227 e. The molecule has 0 saturated heterocycles. The predicted molar refractivity (Wildman–Crippen MR) is 100 cm³/mol. The predicted octanol–water partition coefficient (Wildman–Crippen LogP) is 4.38. The number of hydrogen-bond donors (Lipinski definition) is 0. The number of hydrogen-bond acceptors (Lipinski definition) is 4. The van der Waals surface area contributed by atoms with Crippen LogP contribution < -0.4 is 0 Å². The summed E-state index contributed by atoms with van der Waals surface area (Å²) in [5.41, 5.74) is 1.24. The molecule has 2 aromatic rings. The highest BCUT2D eigenvalue weighted by molar-refractivity contribution is 5.54. The van der Waals surface area contributed by atoms with E-state index in [1.165, 1.54) is 38.2 Å². The first kappa shape index (κ1) is 18.6. The molecular weight excluding hydrogens is 329 g/mol. The van der Waals surface area contributed by atoms with Crippen LogP contribution in [-0.2, 0) is 6.42 Å². The average molecular weight is 355 g/mol. The SMILES string of the molecule is C#CCN(CCCc1nc(-c2ccc(C)c(F)c2)no1)C1CCCCC1. The summed E-state index contributed by atoms with van der Waals surface area (Å²) in [6.07, 6.45) is 13.6. The number of terminal acetylenes is 1. The molecule has 1 aromatic heterocycles. The molecule has 4 nitrogen and oxygen atoms in total. The Bertz CT molecular complexity index is 759. The van der Waals surface area contributed by atoms with Crippen molar-refractivity contribution in [3.8, 4) is 23.7 Å². The van der Waals surface area contributed by atoms with Crippen molar-refractivity contribution in [1.29, 1.82) is 0 Å². The lowest BCUT2D eigenvalue weighted by Crippen LogP contribution is -2.37. The van der Waals surface area contributed by atoms with Crippen LogP contribution in [0, 0.1) is 25.1 Å². The highest BCUT2D eigenvalue weighted by Gasteiger charge is 2.20. The third kappa shape index (κ3) is 4.70. The zero-order valence-electron chi connectivity index (χ0n) is 15.4. The van der Waals surface area contributed by atoms with E-state index in [0.29, 0.717) is 41.8 Å². The zero-order chi connectivity index (χ0) is 18.4. The van der Waals surface area contributed by atoms with Crippen molar-refractivity contribution in [2.75, 3.05) is 13.1 Å². The van der Waals surface area contributed by atoms with Crippen molar-refractivity contribution in [1.82, 2.24) is 15.0 Å². The number of benzene rings is 1. The van der Waals surface area contributed by atoms with Gasteiger partial charge in [-0.15, -0.1) is 6.42 Å². The third-order valence-electron chi connectivity index (χ3n) is 5.12. The third-order valence-corrected chi connectivity index (χ3v) is 5.12. The van der Waals surface area contributed by atoms with Gasteiger partial charge >= 0.3 is 0 Å². The van der Waals surface area contributed by atoms with Gasteiger partial charge in [-0.3, -0.25) is 4.90 Å². The van der Waals surface area contributed by atoms with E-state index in [-0.39, 0.29) is 5.82 Å². The standard InChI is InChI=1S/C21H26FN3O/c1-3-13-25(18-8-5-4-6-9-18)14-7-10-20-23-21(24-26-20)17-12-11-16(2)19(22)15-17/h1,11-12,15,18H,4-10,13-14H2,2H3. The van der Waals surface area contributed by atoms with Crippen LogP contribution in [0.1, 0.15) is 50.0 Å². The fourth-order valence-electron chi connectivity index (χ4n) is 3.59. The summed E-state index contributed by atoms with van der Waals surface area (Å²) in [5, 5.41) is 3.98. The molecule has 1 aromatic carbocycles. The van der Waals surface area contributed by atoms with Crippen molar-refractivity contribution in [2.24, 2.45) is 0 Å². The van der Waals surface area contributed by atoms with Crippen LogP contribution in [0.2, 0.25) is 0 Å². The molecule has 0 atom stereocenters. The molecule has 1 aliphatic rings. The van der Waals surface area contributed by atoms with E-state index in [9.17, 15) is 4.39 Å². The summed E-state index contributed by atoms with van der Waals surface area (Å²) in [6.45, 7) is 3.36. The Morgan fingerprint density at radius 3 is 2.85 bits per heavy atom. The first-order valence-electron chi connectivity index (χ1n) is 9.44. The molecular formula is C21H26FN3O. The quantitative estimate of drug-likeness (QED) is 0.691. The molecule has 0 N–H and O–H groups in total. The second-order valence-electron chi connectivity index (χ2n) is 7.05. The van der Waals surface area contributed by atoms with E-state index in [0.717, 1.165) is 13.0 Å². The Morgan fingerprint density at radius 1 is 1.31 bits per heavy atom. The van der Waals surface area contributed by atoms with Crippen LogP contribution >= 0.6 is 0 Å². The van der Waals surface area contributed by atoms with Crippen LogP contribution in [0.4, 0.5) is 4.39 Å². The van der Waals surface area contributed by atoms with Gasteiger partial charge in [-0.1, -0.05) is 42.5 Å². The molecule has 1 heterocycles. The molecule has 5 heteroatoms. The molecule has 1 saturated carbocycles. The van der Waals surface area contributed by atoms with Crippen molar-refractivity contribution >= 4 is 0 Å². The van der Waals surface area contributed by atoms with Crippen molar-refractivity contribution < 1.29 is 8.91 Å².